The van der Waals surface area contributed by atoms with Gasteiger partial charge in [-0.3, -0.25) is 0 Å². The van der Waals surface area contributed by atoms with Gasteiger partial charge in [-0.25, -0.2) is 0 Å². The Kier molecular flexibility index (Phi) is 5.13. The summed E-state index contributed by atoms with van der Waals surface area (Å²) in [5.41, 5.74) is 8.51. The Morgan fingerprint density at radius 1 is 0.947 bits per heavy atom. The highest BCUT2D eigenvalue weighted by molar-refractivity contribution is 5.19. The predicted octanol–water partition coefficient (Wildman–Crippen LogP) is 2.91. The molecule has 2 atom stereocenters. The fraction of sp³-hybridized carbons (Fsp3) is 0.294. The zero-order valence-electron chi connectivity index (χ0n) is 11.4. The molecule has 0 saturated carbocycles. The van der Waals surface area contributed by atoms with Gasteiger partial charge in [0, 0.05) is 18.6 Å². The topological polar surface area (TPSA) is 38.0 Å². The Morgan fingerprint density at radius 3 is 2.11 bits per heavy atom. The van der Waals surface area contributed by atoms with Crippen LogP contribution in [0.25, 0.3) is 0 Å². The van der Waals surface area contributed by atoms with Gasteiger partial charge in [-0.1, -0.05) is 60.7 Å². The summed E-state index contributed by atoms with van der Waals surface area (Å²) < 4.78 is 0. The Morgan fingerprint density at radius 2 is 1.53 bits per heavy atom. The van der Waals surface area contributed by atoms with Crippen molar-refractivity contribution in [3.05, 3.63) is 71.8 Å². The van der Waals surface area contributed by atoms with Gasteiger partial charge >= 0.3 is 0 Å². The van der Waals surface area contributed by atoms with E-state index >= 15 is 0 Å². The molecule has 2 rings (SSSR count). The van der Waals surface area contributed by atoms with E-state index in [9.17, 15) is 0 Å². The molecular formula is C17H22N2. The van der Waals surface area contributed by atoms with Crippen molar-refractivity contribution in [2.45, 2.75) is 25.4 Å². The van der Waals surface area contributed by atoms with Crippen molar-refractivity contribution >= 4 is 0 Å². The highest BCUT2D eigenvalue weighted by Gasteiger charge is 2.12. The average Bonchev–Trinajstić information content (AvgIpc) is 2.48. The van der Waals surface area contributed by atoms with Gasteiger partial charge < -0.3 is 11.1 Å². The third-order valence-electron chi connectivity index (χ3n) is 3.39. The maximum Gasteiger partial charge on any atom is 0.0295 e. The molecule has 2 heteroatoms. The van der Waals surface area contributed by atoms with Gasteiger partial charge in [0.15, 0.2) is 0 Å². The van der Waals surface area contributed by atoms with Crippen LogP contribution in [-0.2, 0) is 6.42 Å². The molecule has 0 spiro atoms. The van der Waals surface area contributed by atoms with E-state index in [4.69, 9.17) is 5.73 Å². The van der Waals surface area contributed by atoms with E-state index in [1.54, 1.807) is 0 Å². The lowest BCUT2D eigenvalue weighted by atomic mass is 10.0. The molecule has 0 aliphatic carbocycles. The second-order valence-electron chi connectivity index (χ2n) is 4.92. The van der Waals surface area contributed by atoms with Crippen LogP contribution in [0.4, 0.5) is 0 Å². The number of hydrogen-bond donors (Lipinski definition) is 2. The zero-order valence-corrected chi connectivity index (χ0v) is 11.4. The third kappa shape index (κ3) is 4.19. The fourth-order valence-corrected chi connectivity index (χ4v) is 2.30. The van der Waals surface area contributed by atoms with Gasteiger partial charge in [0.05, 0.1) is 0 Å². The number of benzene rings is 2. The smallest absolute Gasteiger partial charge is 0.0295 e. The van der Waals surface area contributed by atoms with E-state index in [0.29, 0.717) is 18.6 Å². The Hall–Kier alpha value is -1.64. The average molecular weight is 254 g/mol. The standard InChI is InChI=1S/C17H22N2/c1-14(16-10-6-3-7-11-16)19-17(13-18)12-15-8-4-2-5-9-15/h2-11,14,17,19H,12-13,18H2,1H3/t14-,17+/m1/s1. The van der Waals surface area contributed by atoms with Gasteiger partial charge in [0.1, 0.15) is 0 Å². The minimum atomic E-state index is 0.303. The fourth-order valence-electron chi connectivity index (χ4n) is 2.30. The van der Waals surface area contributed by atoms with Crippen LogP contribution in [0, 0.1) is 0 Å². The Balaban J connectivity index is 1.96. The van der Waals surface area contributed by atoms with Crippen molar-refractivity contribution in [3.63, 3.8) is 0 Å². The molecule has 0 saturated heterocycles. The molecule has 2 aromatic rings. The molecule has 100 valence electrons. The molecule has 3 N–H and O–H groups in total. The lowest BCUT2D eigenvalue weighted by molar-refractivity contribution is 0.456. The van der Waals surface area contributed by atoms with Crippen LogP contribution in [0.5, 0.6) is 0 Å². The van der Waals surface area contributed by atoms with Gasteiger partial charge in [-0.15, -0.1) is 0 Å². The van der Waals surface area contributed by atoms with Crippen molar-refractivity contribution in [2.75, 3.05) is 6.54 Å². The molecule has 0 aliphatic heterocycles. The van der Waals surface area contributed by atoms with E-state index in [0.717, 1.165) is 6.42 Å². The molecule has 0 unspecified atom stereocenters. The summed E-state index contributed by atoms with van der Waals surface area (Å²) in [5, 5.41) is 3.61. The van der Waals surface area contributed by atoms with Crippen molar-refractivity contribution in [1.29, 1.82) is 0 Å². The highest BCUT2D eigenvalue weighted by atomic mass is 15.0. The Labute approximate surface area is 115 Å². The first-order valence-corrected chi connectivity index (χ1v) is 6.84. The van der Waals surface area contributed by atoms with E-state index in [-0.39, 0.29) is 0 Å². The molecule has 2 nitrogen and oxygen atoms in total. The molecule has 19 heavy (non-hydrogen) atoms. The van der Waals surface area contributed by atoms with Crippen molar-refractivity contribution in [1.82, 2.24) is 5.32 Å². The third-order valence-corrected chi connectivity index (χ3v) is 3.39. The largest absolute Gasteiger partial charge is 0.329 e. The molecule has 0 fully saturated rings. The molecule has 0 aromatic heterocycles. The van der Waals surface area contributed by atoms with Crippen LogP contribution in [-0.4, -0.2) is 12.6 Å². The van der Waals surface area contributed by atoms with Crippen molar-refractivity contribution in [2.24, 2.45) is 5.73 Å². The summed E-state index contributed by atoms with van der Waals surface area (Å²) in [6, 6.07) is 21.6. The molecule has 0 radical (unpaired) electrons. The summed E-state index contributed by atoms with van der Waals surface area (Å²) in [6.07, 6.45) is 0.967. The van der Waals surface area contributed by atoms with E-state index < -0.39 is 0 Å². The second-order valence-corrected chi connectivity index (χ2v) is 4.92. The van der Waals surface area contributed by atoms with Crippen LogP contribution in [0.2, 0.25) is 0 Å². The first-order chi connectivity index (χ1) is 9.29. The van der Waals surface area contributed by atoms with Gasteiger partial charge in [-0.05, 0) is 24.5 Å². The Bertz CT molecular complexity index is 467. The number of rotatable bonds is 6. The minimum Gasteiger partial charge on any atom is -0.329 e. The lowest BCUT2D eigenvalue weighted by Gasteiger charge is -2.22. The van der Waals surface area contributed by atoms with E-state index in [2.05, 4.69) is 60.8 Å². The normalized spacial score (nSPS) is 14.0. The summed E-state index contributed by atoms with van der Waals surface area (Å²) >= 11 is 0. The molecule has 2 aromatic carbocycles. The van der Waals surface area contributed by atoms with E-state index in [1.807, 2.05) is 12.1 Å². The molecular weight excluding hydrogens is 232 g/mol. The molecule has 0 aliphatic rings. The maximum atomic E-state index is 5.88. The van der Waals surface area contributed by atoms with Gasteiger partial charge in [0.2, 0.25) is 0 Å². The maximum absolute atomic E-state index is 5.88. The number of hydrogen-bond acceptors (Lipinski definition) is 2. The number of nitrogens with one attached hydrogen (secondary N) is 1. The summed E-state index contributed by atoms with van der Waals surface area (Å²) in [7, 11) is 0. The lowest BCUT2D eigenvalue weighted by Crippen LogP contribution is -2.39. The first kappa shape index (κ1) is 13.8. The monoisotopic (exact) mass is 254 g/mol. The zero-order chi connectivity index (χ0) is 13.5. The molecule has 0 heterocycles. The van der Waals surface area contributed by atoms with Crippen molar-refractivity contribution < 1.29 is 0 Å². The van der Waals surface area contributed by atoms with Crippen LogP contribution in [0.15, 0.2) is 60.7 Å². The van der Waals surface area contributed by atoms with Gasteiger partial charge in [0.25, 0.3) is 0 Å². The van der Waals surface area contributed by atoms with Gasteiger partial charge in [-0.2, -0.15) is 0 Å². The summed E-state index contributed by atoms with van der Waals surface area (Å²) in [6.45, 7) is 2.83. The summed E-state index contributed by atoms with van der Waals surface area (Å²) in [4.78, 5) is 0. The second kappa shape index (κ2) is 7.07. The van der Waals surface area contributed by atoms with Crippen LogP contribution in [0.3, 0.4) is 0 Å². The first-order valence-electron chi connectivity index (χ1n) is 6.84. The van der Waals surface area contributed by atoms with E-state index in [1.165, 1.54) is 11.1 Å². The quantitative estimate of drug-likeness (QED) is 0.832. The minimum absolute atomic E-state index is 0.303. The SMILES string of the molecule is C[C@@H](N[C@H](CN)Cc1ccccc1)c1ccccc1. The predicted molar refractivity (Wildman–Crippen MR) is 81.0 cm³/mol. The van der Waals surface area contributed by atoms with Crippen LogP contribution >= 0.6 is 0 Å². The summed E-state index contributed by atoms with van der Waals surface area (Å²) in [5.74, 6) is 0. The van der Waals surface area contributed by atoms with Crippen molar-refractivity contribution in [3.8, 4) is 0 Å². The molecule has 0 bridgehead atoms. The van der Waals surface area contributed by atoms with Crippen LogP contribution in [0.1, 0.15) is 24.1 Å². The highest BCUT2D eigenvalue weighted by Crippen LogP contribution is 2.13. The molecule has 0 amide bonds. The number of nitrogens with two attached hydrogens (primary N) is 1. The van der Waals surface area contributed by atoms with Crippen LogP contribution < -0.4 is 11.1 Å².